The predicted octanol–water partition coefficient (Wildman–Crippen LogP) is 8.59. The summed E-state index contributed by atoms with van der Waals surface area (Å²) >= 11 is 0. The Hall–Kier alpha value is -5.64. The summed E-state index contributed by atoms with van der Waals surface area (Å²) in [5.74, 6) is 2.34. The van der Waals surface area contributed by atoms with Crippen molar-refractivity contribution in [1.29, 1.82) is 0 Å². The minimum absolute atomic E-state index is 0.0680. The van der Waals surface area contributed by atoms with E-state index in [-0.39, 0.29) is 52.9 Å². The van der Waals surface area contributed by atoms with Crippen molar-refractivity contribution in [3.05, 3.63) is 154 Å². The first-order valence-electron chi connectivity index (χ1n) is 19.4. The maximum atomic E-state index is 9.98. The monoisotopic (exact) mass is 768 g/mol. The van der Waals surface area contributed by atoms with Crippen LogP contribution in [0, 0.1) is 27.7 Å². The fraction of sp³-hybridized carbons (Fsp3) is 0.265. The van der Waals surface area contributed by atoms with Gasteiger partial charge < -0.3 is 39.4 Å². The summed E-state index contributed by atoms with van der Waals surface area (Å²) in [6.45, 7) is 8.24. The van der Waals surface area contributed by atoms with Crippen molar-refractivity contribution in [3.8, 4) is 56.4 Å². The van der Waals surface area contributed by atoms with E-state index in [0.29, 0.717) is 23.0 Å². The van der Waals surface area contributed by atoms with E-state index in [2.05, 4.69) is 72.8 Å². The van der Waals surface area contributed by atoms with Crippen molar-refractivity contribution in [3.63, 3.8) is 0 Å². The second-order valence-electron chi connectivity index (χ2n) is 14.1. The average Bonchev–Trinajstić information content (AvgIpc) is 3.22. The molecule has 0 unspecified atom stereocenters. The lowest BCUT2D eigenvalue weighted by Gasteiger charge is -2.28. The summed E-state index contributed by atoms with van der Waals surface area (Å²) in [7, 11) is 0. The molecule has 296 valence electrons. The van der Waals surface area contributed by atoms with E-state index in [1.807, 2.05) is 70.2 Å². The van der Waals surface area contributed by atoms with Gasteiger partial charge in [-0.05, 0) is 137 Å². The Kier molecular flexibility index (Phi) is 14.0. The van der Waals surface area contributed by atoms with E-state index in [0.717, 1.165) is 72.3 Å². The van der Waals surface area contributed by atoms with Crippen LogP contribution in [0.4, 0.5) is 0 Å². The van der Waals surface area contributed by atoms with E-state index in [4.69, 9.17) is 18.9 Å². The van der Waals surface area contributed by atoms with Gasteiger partial charge in [-0.3, -0.25) is 0 Å². The molecule has 0 bridgehead atoms. The zero-order chi connectivity index (χ0) is 40.3. The second kappa shape index (κ2) is 19.5. The van der Waals surface area contributed by atoms with Crippen LogP contribution in [0.1, 0.15) is 44.9 Å². The summed E-state index contributed by atoms with van der Waals surface area (Å²) in [5.41, 5.74) is 12.6. The van der Waals surface area contributed by atoms with E-state index >= 15 is 0 Å². The molecule has 0 saturated heterocycles. The number of ether oxygens (including phenoxy) is 4. The minimum Gasteiger partial charge on any atom is -0.491 e. The van der Waals surface area contributed by atoms with Crippen molar-refractivity contribution in [2.45, 2.75) is 33.6 Å². The van der Waals surface area contributed by atoms with E-state index < -0.39 is 5.92 Å². The van der Waals surface area contributed by atoms with Gasteiger partial charge in [0.1, 0.15) is 49.4 Å². The Bertz CT molecular complexity index is 2130. The molecule has 6 aromatic carbocycles. The fourth-order valence-corrected chi connectivity index (χ4v) is 7.37. The summed E-state index contributed by atoms with van der Waals surface area (Å²) < 4.78 is 24.4. The van der Waals surface area contributed by atoms with Gasteiger partial charge in [0.15, 0.2) is 0 Å². The van der Waals surface area contributed by atoms with Crippen molar-refractivity contribution < 1.29 is 39.4 Å². The molecular weight excluding hydrogens is 717 g/mol. The molecule has 6 rings (SSSR count). The molecule has 6 aromatic rings. The van der Waals surface area contributed by atoms with E-state index in [1.165, 1.54) is 0 Å². The number of hydrogen-bond donors (Lipinski definition) is 4. The van der Waals surface area contributed by atoms with Gasteiger partial charge in [-0.2, -0.15) is 0 Å². The maximum Gasteiger partial charge on any atom is 0.126 e. The Labute approximate surface area is 335 Å². The maximum absolute atomic E-state index is 9.98. The topological polar surface area (TPSA) is 118 Å². The SMILES string of the molecule is Cc1cc(-c2cc(C)c(OCCO)c(C(c3ccc(-c4ccccc4)cc3)c3cc(-c4ccc(OCCO)c(C)c4)cc(C)c3OCCO)c2)ccc1OCCO. The fourth-order valence-electron chi connectivity index (χ4n) is 7.37. The summed E-state index contributed by atoms with van der Waals surface area (Å²) in [4.78, 5) is 0. The molecule has 0 atom stereocenters. The highest BCUT2D eigenvalue weighted by Gasteiger charge is 2.28. The highest BCUT2D eigenvalue weighted by molar-refractivity contribution is 5.74. The van der Waals surface area contributed by atoms with Crippen molar-refractivity contribution in [2.75, 3.05) is 52.9 Å². The van der Waals surface area contributed by atoms with Gasteiger partial charge in [-0.1, -0.05) is 66.7 Å². The molecular formula is C49H52O8. The molecule has 0 aliphatic rings. The Balaban J connectivity index is 1.61. The van der Waals surface area contributed by atoms with E-state index in [9.17, 15) is 20.4 Å². The van der Waals surface area contributed by atoms with Crippen molar-refractivity contribution in [2.24, 2.45) is 0 Å². The number of benzene rings is 6. The number of aliphatic hydroxyl groups excluding tert-OH is 4. The van der Waals surface area contributed by atoms with Crippen LogP contribution < -0.4 is 18.9 Å². The molecule has 0 heterocycles. The number of aryl methyl sites for hydroxylation is 4. The van der Waals surface area contributed by atoms with Crippen LogP contribution in [-0.4, -0.2) is 73.3 Å². The van der Waals surface area contributed by atoms with Crippen LogP contribution in [0.2, 0.25) is 0 Å². The molecule has 0 aliphatic heterocycles. The second-order valence-corrected chi connectivity index (χ2v) is 14.1. The van der Waals surface area contributed by atoms with Gasteiger partial charge in [-0.15, -0.1) is 0 Å². The molecule has 0 radical (unpaired) electrons. The van der Waals surface area contributed by atoms with Gasteiger partial charge in [0, 0.05) is 17.0 Å². The van der Waals surface area contributed by atoms with Crippen molar-refractivity contribution >= 4 is 0 Å². The van der Waals surface area contributed by atoms with Crippen LogP contribution in [0.15, 0.2) is 115 Å². The van der Waals surface area contributed by atoms with Crippen LogP contribution in [0.5, 0.6) is 23.0 Å². The molecule has 57 heavy (non-hydrogen) atoms. The molecule has 8 heteroatoms. The molecule has 0 saturated carbocycles. The molecule has 4 N–H and O–H groups in total. The lowest BCUT2D eigenvalue weighted by Crippen LogP contribution is -2.13. The van der Waals surface area contributed by atoms with Gasteiger partial charge in [0.25, 0.3) is 0 Å². The first-order chi connectivity index (χ1) is 27.8. The van der Waals surface area contributed by atoms with Crippen molar-refractivity contribution in [1.82, 2.24) is 0 Å². The van der Waals surface area contributed by atoms with Gasteiger partial charge in [0.2, 0.25) is 0 Å². The zero-order valence-corrected chi connectivity index (χ0v) is 33.1. The molecule has 0 amide bonds. The highest BCUT2D eigenvalue weighted by atomic mass is 16.5. The molecule has 8 nitrogen and oxygen atoms in total. The third-order valence-corrected chi connectivity index (χ3v) is 9.97. The zero-order valence-electron chi connectivity index (χ0n) is 33.1. The highest BCUT2D eigenvalue weighted by Crippen LogP contribution is 2.47. The molecule has 0 fully saturated rings. The molecule has 0 aliphatic carbocycles. The van der Waals surface area contributed by atoms with Crippen LogP contribution in [0.25, 0.3) is 33.4 Å². The first kappa shape index (κ1) is 41.0. The quantitative estimate of drug-likeness (QED) is 0.0643. The Morgan fingerprint density at radius 3 is 1.19 bits per heavy atom. The smallest absolute Gasteiger partial charge is 0.126 e. The molecule has 0 aromatic heterocycles. The van der Waals surface area contributed by atoms with E-state index in [1.54, 1.807) is 0 Å². The van der Waals surface area contributed by atoms with Crippen LogP contribution in [0.3, 0.4) is 0 Å². The predicted molar refractivity (Wildman–Crippen MR) is 226 cm³/mol. The third kappa shape index (κ3) is 9.67. The van der Waals surface area contributed by atoms with Crippen LogP contribution in [-0.2, 0) is 0 Å². The standard InChI is InChI=1S/C49H52O8/c1-32-26-39(14-16-45(32)54-22-18-50)41-28-34(3)48(56-24-20-52)43(30-41)47(38-12-10-37(11-13-38)36-8-6-5-7-9-36)44-31-42(29-35(4)49(44)57-25-21-53)40-15-17-46(33(2)27-40)55-23-19-51/h5-17,26-31,47,50-53H,18-25H2,1-4H3. The largest absolute Gasteiger partial charge is 0.491 e. The Morgan fingerprint density at radius 2 is 0.772 bits per heavy atom. The van der Waals surface area contributed by atoms with Crippen LogP contribution >= 0.6 is 0 Å². The third-order valence-electron chi connectivity index (χ3n) is 9.97. The van der Waals surface area contributed by atoms with Gasteiger partial charge >= 0.3 is 0 Å². The summed E-state index contributed by atoms with van der Waals surface area (Å²) in [5, 5.41) is 38.7. The minimum atomic E-state index is -0.420. The number of hydrogen-bond acceptors (Lipinski definition) is 8. The number of aliphatic hydroxyl groups is 4. The Morgan fingerprint density at radius 1 is 0.386 bits per heavy atom. The average molecular weight is 769 g/mol. The van der Waals surface area contributed by atoms with Gasteiger partial charge in [0.05, 0.1) is 26.4 Å². The summed E-state index contributed by atoms with van der Waals surface area (Å²) in [6, 6.07) is 39.4. The molecule has 0 spiro atoms. The van der Waals surface area contributed by atoms with Gasteiger partial charge in [-0.25, -0.2) is 0 Å². The lowest BCUT2D eigenvalue weighted by molar-refractivity contribution is 0.198. The summed E-state index contributed by atoms with van der Waals surface area (Å²) in [6.07, 6.45) is 0. The lowest BCUT2D eigenvalue weighted by atomic mass is 9.80. The normalized spacial score (nSPS) is 11.2. The first-order valence-corrected chi connectivity index (χ1v) is 19.4. The number of rotatable bonds is 18.